The zero-order valence-corrected chi connectivity index (χ0v) is 17.2. The van der Waals surface area contributed by atoms with Gasteiger partial charge in [-0.2, -0.15) is 0 Å². The van der Waals surface area contributed by atoms with Crippen molar-refractivity contribution in [3.8, 4) is 0 Å². The van der Waals surface area contributed by atoms with Crippen LogP contribution < -0.4 is 0 Å². The first kappa shape index (κ1) is 28.4. The predicted molar refractivity (Wildman–Crippen MR) is 105 cm³/mol. The molecular weight excluding hydrogens is 359 g/mol. The Bertz CT molecular complexity index is 253. The van der Waals surface area contributed by atoms with Crippen molar-refractivity contribution in [1.82, 2.24) is 0 Å². The number of aliphatic hydroxyl groups is 3. The zero-order valence-electron chi connectivity index (χ0n) is 16.4. The Morgan fingerprint density at radius 2 is 1.00 bits per heavy atom. The average Bonchev–Trinajstić information content (AvgIpc) is 2.62. The van der Waals surface area contributed by atoms with Crippen LogP contribution in [0.2, 0.25) is 0 Å². The van der Waals surface area contributed by atoms with E-state index in [0.29, 0.717) is 6.61 Å². The molecule has 0 amide bonds. The summed E-state index contributed by atoms with van der Waals surface area (Å²) in [6.07, 6.45) is 14.3. The van der Waals surface area contributed by atoms with Gasteiger partial charge in [-0.1, -0.05) is 71.1 Å². The van der Waals surface area contributed by atoms with Crippen molar-refractivity contribution >= 4 is 8.60 Å². The van der Waals surface area contributed by atoms with E-state index in [2.05, 4.69) is 6.92 Å². The van der Waals surface area contributed by atoms with Crippen molar-refractivity contribution in [2.24, 2.45) is 5.41 Å². The molecule has 0 aromatic heterocycles. The van der Waals surface area contributed by atoms with Crippen molar-refractivity contribution in [1.29, 1.82) is 0 Å². The first-order valence-corrected chi connectivity index (χ1v) is 10.9. The number of hydrogen-bond acceptors (Lipinski definition) is 7. The van der Waals surface area contributed by atoms with Gasteiger partial charge in [-0.25, -0.2) is 0 Å². The predicted octanol–water partition coefficient (Wildman–Crippen LogP) is 2.47. The maximum absolute atomic E-state index is 9.17. The summed E-state index contributed by atoms with van der Waals surface area (Å²) in [7, 11) is -2.62. The lowest BCUT2D eigenvalue weighted by Crippen LogP contribution is -2.38. The van der Waals surface area contributed by atoms with Gasteiger partial charge in [0.1, 0.15) is 0 Å². The van der Waals surface area contributed by atoms with E-state index in [1.807, 2.05) is 0 Å². The largest absolute Gasteiger partial charge is 0.396 e. The fourth-order valence-corrected chi connectivity index (χ4v) is 2.44. The third-order valence-electron chi connectivity index (χ3n) is 4.31. The Kier molecular flexibility index (Phi) is 23.4. The molecule has 0 spiro atoms. The number of aliphatic hydroxyl groups excluding tert-OH is 3. The summed E-state index contributed by atoms with van der Waals surface area (Å²) in [5, 5.41) is 27.5. The quantitative estimate of drug-likeness (QED) is 0.163. The van der Waals surface area contributed by atoms with Crippen molar-refractivity contribution in [2.75, 3.05) is 33.0 Å². The van der Waals surface area contributed by atoms with Gasteiger partial charge in [0, 0.05) is 6.61 Å². The van der Waals surface area contributed by atoms with Crippen LogP contribution in [0.15, 0.2) is 0 Å². The second kappa shape index (κ2) is 21.5. The average molecular weight is 400 g/mol. The van der Waals surface area contributed by atoms with Gasteiger partial charge in [0.2, 0.25) is 0 Å². The molecule has 0 fully saturated rings. The fraction of sp³-hybridized carbons (Fsp3) is 1.00. The highest BCUT2D eigenvalue weighted by Gasteiger charge is 2.28. The minimum absolute atomic E-state index is 0.217. The van der Waals surface area contributed by atoms with Gasteiger partial charge in [0.05, 0.1) is 31.8 Å². The normalized spacial score (nSPS) is 11.5. The molecule has 26 heavy (non-hydrogen) atoms. The third-order valence-corrected chi connectivity index (χ3v) is 4.31. The first-order valence-electron chi connectivity index (χ1n) is 9.75. The third kappa shape index (κ3) is 20.5. The second-order valence-corrected chi connectivity index (χ2v) is 7.37. The van der Waals surface area contributed by atoms with Crippen LogP contribution in [0.1, 0.15) is 77.6 Å². The lowest BCUT2D eigenvalue weighted by atomic mass is 9.93. The number of rotatable bonds is 17. The topological polar surface area (TPSA) is 131 Å². The molecule has 0 unspecified atom stereocenters. The van der Waals surface area contributed by atoms with Gasteiger partial charge < -0.3 is 34.7 Å². The monoisotopic (exact) mass is 400 g/mol. The van der Waals surface area contributed by atoms with Crippen LogP contribution in [0.25, 0.3) is 0 Å². The molecule has 0 aromatic carbocycles. The van der Waals surface area contributed by atoms with Crippen LogP contribution in [0.4, 0.5) is 0 Å². The highest BCUT2D eigenvalue weighted by Crippen LogP contribution is 2.16. The van der Waals surface area contributed by atoms with E-state index in [4.69, 9.17) is 34.7 Å². The highest BCUT2D eigenvalue weighted by molar-refractivity contribution is 7.38. The summed E-state index contributed by atoms with van der Waals surface area (Å²) in [6.45, 7) is 2.35. The summed E-state index contributed by atoms with van der Waals surface area (Å²) in [4.78, 5) is 21.7. The Hall–Kier alpha value is 0.150. The summed E-state index contributed by atoms with van der Waals surface area (Å²) in [5.41, 5.74) is -0.891. The van der Waals surface area contributed by atoms with E-state index in [1.54, 1.807) is 0 Å². The summed E-state index contributed by atoms with van der Waals surface area (Å²) >= 11 is 0. The van der Waals surface area contributed by atoms with Gasteiger partial charge in [0.15, 0.2) is 0 Å². The number of hydrogen-bond donors (Lipinski definition) is 6. The lowest BCUT2D eigenvalue weighted by Gasteiger charge is -2.26. The lowest BCUT2D eigenvalue weighted by molar-refractivity contribution is -0.0582. The van der Waals surface area contributed by atoms with Gasteiger partial charge in [-0.05, 0) is 6.42 Å². The van der Waals surface area contributed by atoms with Gasteiger partial charge in [0.25, 0.3) is 0 Å². The molecule has 0 aliphatic heterocycles. The van der Waals surface area contributed by atoms with Crippen molar-refractivity contribution in [2.45, 2.75) is 77.6 Å². The highest BCUT2D eigenvalue weighted by atomic mass is 31.2. The molecule has 7 nitrogen and oxygen atoms in total. The molecule has 0 radical (unpaired) electrons. The number of unbranched alkanes of at least 4 members (excludes halogenated alkanes) is 10. The summed E-state index contributed by atoms with van der Waals surface area (Å²) in [5.74, 6) is 0. The van der Waals surface area contributed by atoms with E-state index in [0.717, 1.165) is 6.42 Å². The van der Waals surface area contributed by atoms with E-state index in [1.165, 1.54) is 64.2 Å². The van der Waals surface area contributed by atoms with Crippen LogP contribution in [-0.4, -0.2) is 63.0 Å². The minimum atomic E-state index is -2.62. The molecule has 0 saturated heterocycles. The van der Waals surface area contributed by atoms with E-state index in [-0.39, 0.29) is 26.4 Å². The second-order valence-electron chi connectivity index (χ2n) is 6.83. The molecule has 0 bridgehead atoms. The maximum atomic E-state index is 9.17. The van der Waals surface area contributed by atoms with Gasteiger partial charge in [-0.15, -0.1) is 0 Å². The standard InChI is InChI=1S/C18H38O4.H3O3P/c1-2-3-4-5-6-7-8-9-10-11-12-13-22-17-18(14-19,15-20)16-21;1-4(2)3/h19-21H,2-17H2,1H3;1-3H. The van der Waals surface area contributed by atoms with Crippen molar-refractivity contribution in [3.05, 3.63) is 0 Å². The molecule has 0 aliphatic carbocycles. The molecule has 8 heteroatoms. The molecule has 0 aromatic rings. The van der Waals surface area contributed by atoms with Crippen molar-refractivity contribution < 1.29 is 34.7 Å². The van der Waals surface area contributed by atoms with Crippen LogP contribution in [0, 0.1) is 5.41 Å². The zero-order chi connectivity index (χ0) is 20.1. The van der Waals surface area contributed by atoms with E-state index >= 15 is 0 Å². The minimum Gasteiger partial charge on any atom is -0.396 e. The van der Waals surface area contributed by atoms with Crippen LogP contribution in [-0.2, 0) is 4.74 Å². The molecule has 0 atom stereocenters. The van der Waals surface area contributed by atoms with Crippen LogP contribution >= 0.6 is 8.60 Å². The smallest absolute Gasteiger partial charge is 0.324 e. The Labute approximate surface area is 160 Å². The van der Waals surface area contributed by atoms with E-state index < -0.39 is 14.0 Å². The Morgan fingerprint density at radius 1 is 0.654 bits per heavy atom. The summed E-state index contributed by atoms with van der Waals surface area (Å²) in [6, 6.07) is 0. The van der Waals surface area contributed by atoms with Gasteiger partial charge >= 0.3 is 8.60 Å². The summed E-state index contributed by atoms with van der Waals surface area (Å²) < 4.78 is 5.47. The van der Waals surface area contributed by atoms with Crippen molar-refractivity contribution in [3.63, 3.8) is 0 Å². The van der Waals surface area contributed by atoms with Crippen LogP contribution in [0.3, 0.4) is 0 Å². The van der Waals surface area contributed by atoms with Gasteiger partial charge in [-0.3, -0.25) is 0 Å². The number of ether oxygens (including phenoxy) is 1. The molecule has 160 valence electrons. The Balaban J connectivity index is 0. The molecule has 6 N–H and O–H groups in total. The molecule has 0 heterocycles. The first-order chi connectivity index (χ1) is 12.5. The molecule has 0 saturated carbocycles. The van der Waals surface area contributed by atoms with E-state index in [9.17, 15) is 0 Å². The molecule has 0 rings (SSSR count). The van der Waals surface area contributed by atoms with Crippen LogP contribution in [0.5, 0.6) is 0 Å². The fourth-order valence-electron chi connectivity index (χ4n) is 2.44. The Morgan fingerprint density at radius 3 is 1.35 bits per heavy atom. The maximum Gasteiger partial charge on any atom is 0.324 e. The molecular formula is C18H41O7P. The SMILES string of the molecule is CCCCCCCCCCCCCOCC(CO)(CO)CO.OP(O)O. The molecule has 0 aliphatic rings.